The normalized spacial score (nSPS) is 13.6. The van der Waals surface area contributed by atoms with Crippen LogP contribution in [0.5, 0.6) is 0 Å². The monoisotopic (exact) mass is 730 g/mol. The fourth-order valence-corrected chi connectivity index (χ4v) is 6.31. The minimum Gasteiger partial charge on any atom is -0.462 e. The van der Waals surface area contributed by atoms with E-state index in [1.165, 1.54) is 116 Å². The molecule has 0 aromatic heterocycles. The van der Waals surface area contributed by atoms with E-state index >= 15 is 0 Å². The summed E-state index contributed by atoms with van der Waals surface area (Å²) in [4.78, 5) is 34.7. The Bertz CT molecular complexity index is 881. The molecule has 0 aliphatic rings. The fourth-order valence-electron chi connectivity index (χ4n) is 5.55. The molecule has 0 saturated heterocycles. The number of esters is 2. The van der Waals surface area contributed by atoms with E-state index < -0.39 is 26.5 Å². The van der Waals surface area contributed by atoms with Crippen molar-refractivity contribution in [2.45, 2.75) is 193 Å². The molecule has 0 radical (unpaired) electrons. The molecule has 50 heavy (non-hydrogen) atoms. The molecule has 0 heterocycles. The number of carbonyl (C=O) groups is 2. The largest absolute Gasteiger partial charge is 0.472 e. The van der Waals surface area contributed by atoms with Gasteiger partial charge in [-0.15, -0.1) is 0 Å². The number of carbonyl (C=O) groups excluding carboxylic acids is 2. The molecule has 0 amide bonds. The first-order chi connectivity index (χ1) is 24.3. The lowest BCUT2D eigenvalue weighted by Gasteiger charge is -2.19. The van der Waals surface area contributed by atoms with Crippen LogP contribution in [-0.4, -0.2) is 49.3 Å². The van der Waals surface area contributed by atoms with Crippen LogP contribution in [0.4, 0.5) is 0 Å². The molecule has 0 rings (SSSR count). The Hall–Kier alpha value is -1.51. The molecule has 0 saturated carbocycles. The smallest absolute Gasteiger partial charge is 0.462 e. The quantitative estimate of drug-likeness (QED) is 0.0275. The van der Waals surface area contributed by atoms with Crippen LogP contribution in [0.25, 0.3) is 0 Å². The molecule has 0 aromatic rings. The number of unbranched alkanes of at least 4 members (excludes halogenated alkanes) is 21. The van der Waals surface area contributed by atoms with Crippen LogP contribution in [0.15, 0.2) is 24.3 Å². The number of phosphoric ester groups is 1. The third-order valence-electron chi connectivity index (χ3n) is 8.59. The van der Waals surface area contributed by atoms with E-state index in [-0.39, 0.29) is 38.6 Å². The molecule has 0 aliphatic heterocycles. The summed E-state index contributed by atoms with van der Waals surface area (Å²) < 4.78 is 32.7. The molecule has 0 bridgehead atoms. The maximum atomic E-state index is 12.5. The molecule has 0 spiro atoms. The highest BCUT2D eigenvalue weighted by Crippen LogP contribution is 2.43. The lowest BCUT2D eigenvalue weighted by Crippen LogP contribution is -2.29. The van der Waals surface area contributed by atoms with Crippen LogP contribution in [0.2, 0.25) is 0 Å². The summed E-state index contributed by atoms with van der Waals surface area (Å²) in [6.45, 7) is 3.69. The molecule has 0 aromatic carbocycles. The first kappa shape index (κ1) is 48.5. The molecule has 9 nitrogen and oxygen atoms in total. The van der Waals surface area contributed by atoms with Gasteiger partial charge < -0.3 is 20.1 Å². The lowest BCUT2D eigenvalue weighted by atomic mass is 10.1. The predicted octanol–water partition coefficient (Wildman–Crippen LogP) is 11.2. The predicted molar refractivity (Wildman–Crippen MR) is 206 cm³/mol. The highest BCUT2D eigenvalue weighted by Gasteiger charge is 2.26. The number of nitrogens with two attached hydrogens (primary N) is 1. The van der Waals surface area contributed by atoms with Crippen molar-refractivity contribution in [1.29, 1.82) is 0 Å². The second-order valence-electron chi connectivity index (χ2n) is 13.5. The molecule has 2 atom stereocenters. The van der Waals surface area contributed by atoms with Crippen LogP contribution in [-0.2, 0) is 32.7 Å². The van der Waals surface area contributed by atoms with Crippen molar-refractivity contribution < 1.29 is 37.6 Å². The van der Waals surface area contributed by atoms with Crippen LogP contribution in [0.1, 0.15) is 187 Å². The summed E-state index contributed by atoms with van der Waals surface area (Å²) >= 11 is 0. The fraction of sp³-hybridized carbons (Fsp3) is 0.850. The van der Waals surface area contributed by atoms with Gasteiger partial charge in [-0.25, -0.2) is 4.57 Å². The van der Waals surface area contributed by atoms with E-state index in [0.717, 1.165) is 38.5 Å². The van der Waals surface area contributed by atoms with Crippen molar-refractivity contribution >= 4 is 19.8 Å². The Morgan fingerprint density at radius 1 is 0.600 bits per heavy atom. The topological polar surface area (TPSA) is 134 Å². The average Bonchev–Trinajstić information content (AvgIpc) is 3.10. The van der Waals surface area contributed by atoms with Gasteiger partial charge in [0.1, 0.15) is 6.61 Å². The van der Waals surface area contributed by atoms with Crippen molar-refractivity contribution in [3.8, 4) is 0 Å². The lowest BCUT2D eigenvalue weighted by molar-refractivity contribution is -0.161. The van der Waals surface area contributed by atoms with Crippen LogP contribution in [0.3, 0.4) is 0 Å². The highest BCUT2D eigenvalue weighted by atomic mass is 31.2. The van der Waals surface area contributed by atoms with Crippen molar-refractivity contribution in [1.82, 2.24) is 0 Å². The summed E-state index contributed by atoms with van der Waals surface area (Å²) in [5.41, 5.74) is 5.33. The highest BCUT2D eigenvalue weighted by molar-refractivity contribution is 7.47. The standard InChI is InChI=1S/C40H76NO8P/c1-3-5-7-9-11-13-15-16-17-18-19-20-21-22-23-25-26-28-30-32-39(42)46-36-38(37-48-50(44,45)47-35-34-41)49-40(43)33-31-29-27-24-14-12-10-8-6-4-2/h11,13,16-17,38H,3-10,12,14-15,18-37,41H2,1-2H3,(H,44,45)/b13-11+,17-16+/t38-/m0/s1. The number of rotatable bonds is 38. The van der Waals surface area contributed by atoms with Crippen LogP contribution < -0.4 is 5.73 Å². The van der Waals surface area contributed by atoms with Crippen molar-refractivity contribution in [2.75, 3.05) is 26.4 Å². The third kappa shape index (κ3) is 36.3. The van der Waals surface area contributed by atoms with Gasteiger partial charge in [-0.3, -0.25) is 18.6 Å². The van der Waals surface area contributed by atoms with Gasteiger partial charge in [0.05, 0.1) is 13.2 Å². The number of hydrogen-bond donors (Lipinski definition) is 2. The Morgan fingerprint density at radius 2 is 1.04 bits per heavy atom. The first-order valence-electron chi connectivity index (χ1n) is 20.3. The summed E-state index contributed by atoms with van der Waals surface area (Å²) in [7, 11) is -4.37. The summed E-state index contributed by atoms with van der Waals surface area (Å²) in [6.07, 6.45) is 37.8. The number of allylic oxidation sites excluding steroid dienone is 4. The SMILES string of the molecule is CCCCC/C=C/C/C=C/CCCCCCCCCCCC(=O)OC[C@@H](COP(=O)(O)OCCN)OC(=O)CCCCCCCCCCCC. The van der Waals surface area contributed by atoms with Crippen molar-refractivity contribution in [2.24, 2.45) is 5.73 Å². The zero-order valence-electron chi connectivity index (χ0n) is 32.1. The van der Waals surface area contributed by atoms with E-state index in [4.69, 9.17) is 24.3 Å². The Labute approximate surface area is 306 Å². The van der Waals surface area contributed by atoms with Gasteiger partial charge in [0.25, 0.3) is 0 Å². The van der Waals surface area contributed by atoms with E-state index in [1.807, 2.05) is 0 Å². The van der Waals surface area contributed by atoms with E-state index in [9.17, 15) is 19.0 Å². The average molecular weight is 730 g/mol. The van der Waals surface area contributed by atoms with Gasteiger partial charge in [0.15, 0.2) is 6.10 Å². The molecule has 10 heteroatoms. The molecule has 3 N–H and O–H groups in total. The number of phosphoric acid groups is 1. The van der Waals surface area contributed by atoms with E-state index in [2.05, 4.69) is 38.2 Å². The third-order valence-corrected chi connectivity index (χ3v) is 9.57. The van der Waals surface area contributed by atoms with Crippen molar-refractivity contribution in [3.63, 3.8) is 0 Å². The molecule has 1 unspecified atom stereocenters. The van der Waals surface area contributed by atoms with Gasteiger partial charge >= 0.3 is 19.8 Å². The molecular weight excluding hydrogens is 653 g/mol. The second kappa shape index (κ2) is 37.3. The molecule has 294 valence electrons. The molecule has 0 aliphatic carbocycles. The molecule has 0 fully saturated rings. The van der Waals surface area contributed by atoms with Gasteiger partial charge in [0, 0.05) is 19.4 Å². The van der Waals surface area contributed by atoms with Crippen LogP contribution >= 0.6 is 7.82 Å². The van der Waals surface area contributed by atoms with Crippen LogP contribution in [0, 0.1) is 0 Å². The molecular formula is C40H76NO8P. The summed E-state index contributed by atoms with van der Waals surface area (Å²) in [6, 6.07) is 0. The maximum Gasteiger partial charge on any atom is 0.472 e. The van der Waals surface area contributed by atoms with Gasteiger partial charge in [-0.05, 0) is 44.9 Å². The number of hydrogen-bond acceptors (Lipinski definition) is 8. The summed E-state index contributed by atoms with van der Waals surface area (Å²) in [5, 5.41) is 0. The van der Waals surface area contributed by atoms with Gasteiger partial charge in [0.2, 0.25) is 0 Å². The maximum absolute atomic E-state index is 12.5. The Kier molecular flexibility index (Phi) is 36.1. The summed E-state index contributed by atoms with van der Waals surface area (Å²) in [5.74, 6) is -0.831. The second-order valence-corrected chi connectivity index (χ2v) is 15.0. The minimum absolute atomic E-state index is 0.0543. The van der Waals surface area contributed by atoms with Crippen molar-refractivity contribution in [3.05, 3.63) is 24.3 Å². The Morgan fingerprint density at radius 3 is 1.56 bits per heavy atom. The van der Waals surface area contributed by atoms with E-state index in [1.54, 1.807) is 0 Å². The van der Waals surface area contributed by atoms with E-state index in [0.29, 0.717) is 6.42 Å². The zero-order chi connectivity index (χ0) is 36.8. The van der Waals surface area contributed by atoms with Gasteiger partial charge in [-0.2, -0.15) is 0 Å². The van der Waals surface area contributed by atoms with Gasteiger partial charge in [-0.1, -0.05) is 154 Å². The first-order valence-corrected chi connectivity index (χ1v) is 21.8. The Balaban J connectivity index is 4.11. The number of ether oxygens (including phenoxy) is 2. The minimum atomic E-state index is -4.37. The zero-order valence-corrected chi connectivity index (χ0v) is 33.0.